The van der Waals surface area contributed by atoms with Crippen LogP contribution in [0.15, 0.2) is 41.6 Å². The summed E-state index contributed by atoms with van der Waals surface area (Å²) in [5.74, 6) is 0.0341. The van der Waals surface area contributed by atoms with E-state index in [4.69, 9.17) is 4.74 Å². The number of aromatic nitrogens is 2. The lowest BCUT2D eigenvalue weighted by atomic mass is 10.2. The van der Waals surface area contributed by atoms with E-state index in [1.165, 1.54) is 23.7 Å². The Balaban J connectivity index is 1.91. The first-order chi connectivity index (χ1) is 13.7. The monoisotopic (exact) mass is 420 g/mol. The van der Waals surface area contributed by atoms with Crippen LogP contribution in [0, 0.1) is 6.92 Å². The molecule has 0 aliphatic carbocycles. The molecule has 29 heavy (non-hydrogen) atoms. The van der Waals surface area contributed by atoms with Crippen molar-refractivity contribution in [2.24, 2.45) is 0 Å². The Morgan fingerprint density at radius 3 is 2.38 bits per heavy atom. The Morgan fingerprint density at radius 1 is 1.17 bits per heavy atom. The molecular formula is C20H28N4O4S. The highest BCUT2D eigenvalue weighted by Gasteiger charge is 2.21. The lowest BCUT2D eigenvalue weighted by Gasteiger charge is -2.16. The lowest BCUT2D eigenvalue weighted by molar-refractivity contribution is 0.0757. The van der Waals surface area contributed by atoms with E-state index in [0.29, 0.717) is 31.0 Å². The number of sulfonamides is 1. The van der Waals surface area contributed by atoms with E-state index in [0.717, 1.165) is 5.56 Å². The smallest absolute Gasteiger partial charge is 0.254 e. The Morgan fingerprint density at radius 2 is 1.79 bits per heavy atom. The van der Waals surface area contributed by atoms with Gasteiger partial charge >= 0.3 is 0 Å². The van der Waals surface area contributed by atoms with Crippen LogP contribution in [0.4, 0.5) is 0 Å². The number of carbonyl (C=O) groups is 1. The topological polar surface area (TPSA) is 101 Å². The van der Waals surface area contributed by atoms with Crippen LogP contribution in [0.3, 0.4) is 0 Å². The second kappa shape index (κ2) is 10.4. The van der Waals surface area contributed by atoms with Crippen LogP contribution in [-0.4, -0.2) is 54.9 Å². The average Bonchev–Trinajstić information content (AvgIpc) is 2.68. The molecule has 0 bridgehead atoms. The van der Waals surface area contributed by atoms with E-state index in [9.17, 15) is 13.2 Å². The first-order valence-electron chi connectivity index (χ1n) is 9.44. The summed E-state index contributed by atoms with van der Waals surface area (Å²) in [4.78, 5) is 20.6. The summed E-state index contributed by atoms with van der Waals surface area (Å²) in [5, 5.41) is 2.78. The van der Waals surface area contributed by atoms with Crippen LogP contribution in [0.2, 0.25) is 0 Å². The van der Waals surface area contributed by atoms with Crippen molar-refractivity contribution in [3.05, 3.63) is 53.6 Å². The fraction of sp³-hybridized carbons (Fsp3) is 0.450. The Hall–Kier alpha value is -2.36. The van der Waals surface area contributed by atoms with Gasteiger partial charge in [-0.2, -0.15) is 4.31 Å². The molecule has 0 saturated heterocycles. The zero-order valence-corrected chi connectivity index (χ0v) is 18.1. The summed E-state index contributed by atoms with van der Waals surface area (Å²) in [6.45, 7) is 6.89. The van der Waals surface area contributed by atoms with Crippen LogP contribution in [-0.2, 0) is 21.3 Å². The molecule has 8 nitrogen and oxygen atoms in total. The lowest BCUT2D eigenvalue weighted by Crippen LogP contribution is -2.28. The Labute approximate surface area is 172 Å². The molecule has 0 saturated carbocycles. The summed E-state index contributed by atoms with van der Waals surface area (Å²) in [6, 6.07) is 6.64. The van der Waals surface area contributed by atoms with Gasteiger partial charge in [0.05, 0.1) is 23.1 Å². The number of ether oxygens (including phenoxy) is 1. The predicted molar refractivity (Wildman–Crippen MR) is 110 cm³/mol. The molecule has 0 radical (unpaired) electrons. The van der Waals surface area contributed by atoms with Gasteiger partial charge < -0.3 is 10.1 Å². The number of nitrogens with one attached hydrogen (secondary N) is 1. The number of rotatable bonds is 10. The van der Waals surface area contributed by atoms with Crippen molar-refractivity contribution in [3.8, 4) is 0 Å². The number of hydrogen-bond acceptors (Lipinski definition) is 6. The van der Waals surface area contributed by atoms with Crippen molar-refractivity contribution >= 4 is 15.9 Å². The fourth-order valence-electron chi connectivity index (χ4n) is 2.42. The van der Waals surface area contributed by atoms with E-state index >= 15 is 0 Å². The summed E-state index contributed by atoms with van der Waals surface area (Å²) >= 11 is 0. The molecular weight excluding hydrogens is 392 g/mol. The van der Waals surface area contributed by atoms with Gasteiger partial charge in [-0.3, -0.25) is 4.79 Å². The van der Waals surface area contributed by atoms with Crippen LogP contribution >= 0.6 is 0 Å². The average molecular weight is 421 g/mol. The van der Waals surface area contributed by atoms with E-state index in [2.05, 4.69) is 15.3 Å². The van der Waals surface area contributed by atoms with E-state index < -0.39 is 10.0 Å². The normalized spacial score (nSPS) is 11.8. The fourth-order valence-corrected chi connectivity index (χ4v) is 3.55. The second-order valence-electron chi connectivity index (χ2n) is 6.99. The van der Waals surface area contributed by atoms with Crippen LogP contribution in [0.5, 0.6) is 0 Å². The molecule has 0 spiro atoms. The molecule has 2 rings (SSSR count). The highest BCUT2D eigenvalue weighted by atomic mass is 32.2. The third-order valence-electron chi connectivity index (χ3n) is 4.12. The first kappa shape index (κ1) is 22.9. The van der Waals surface area contributed by atoms with Crippen molar-refractivity contribution in [2.45, 2.75) is 44.7 Å². The van der Waals surface area contributed by atoms with Gasteiger partial charge in [0, 0.05) is 32.6 Å². The van der Waals surface area contributed by atoms with Gasteiger partial charge in [-0.1, -0.05) is 17.7 Å². The highest BCUT2D eigenvalue weighted by molar-refractivity contribution is 7.89. The van der Waals surface area contributed by atoms with Crippen molar-refractivity contribution in [2.75, 3.05) is 20.2 Å². The number of benzene rings is 1. The van der Waals surface area contributed by atoms with E-state index in [1.807, 2.05) is 20.8 Å². The number of aryl methyl sites for hydroxylation is 1. The molecule has 0 atom stereocenters. The largest absolute Gasteiger partial charge is 0.379 e. The molecule has 9 heteroatoms. The third kappa shape index (κ3) is 6.88. The summed E-state index contributed by atoms with van der Waals surface area (Å²) in [6.07, 6.45) is 3.67. The van der Waals surface area contributed by atoms with Gasteiger partial charge in [-0.15, -0.1) is 0 Å². The van der Waals surface area contributed by atoms with E-state index in [-0.39, 0.29) is 23.5 Å². The van der Waals surface area contributed by atoms with Gasteiger partial charge in [-0.05, 0) is 39.3 Å². The van der Waals surface area contributed by atoms with Crippen LogP contribution in [0.25, 0.3) is 0 Å². The van der Waals surface area contributed by atoms with Gasteiger partial charge in [0.1, 0.15) is 5.82 Å². The summed E-state index contributed by atoms with van der Waals surface area (Å²) < 4.78 is 31.9. The molecule has 0 aliphatic heterocycles. The van der Waals surface area contributed by atoms with Crippen molar-refractivity contribution in [1.29, 1.82) is 0 Å². The first-order valence-corrected chi connectivity index (χ1v) is 10.9. The zero-order valence-electron chi connectivity index (χ0n) is 17.3. The third-order valence-corrected chi connectivity index (χ3v) is 5.94. The zero-order chi connectivity index (χ0) is 21.4. The number of nitrogens with zero attached hydrogens (tertiary/aromatic N) is 3. The number of hydrogen-bond donors (Lipinski definition) is 1. The molecule has 0 fully saturated rings. The van der Waals surface area contributed by atoms with Crippen molar-refractivity contribution in [3.63, 3.8) is 0 Å². The highest BCUT2D eigenvalue weighted by Crippen LogP contribution is 2.16. The molecule has 1 heterocycles. The Kier molecular flexibility index (Phi) is 8.24. The molecule has 0 aliphatic rings. The predicted octanol–water partition coefficient (Wildman–Crippen LogP) is 2.15. The van der Waals surface area contributed by atoms with Crippen molar-refractivity contribution < 1.29 is 17.9 Å². The van der Waals surface area contributed by atoms with Gasteiger partial charge in [0.25, 0.3) is 5.91 Å². The van der Waals surface area contributed by atoms with Gasteiger partial charge in [0.2, 0.25) is 10.0 Å². The number of carbonyl (C=O) groups excluding carboxylic acids is 1. The van der Waals surface area contributed by atoms with Crippen molar-refractivity contribution in [1.82, 2.24) is 19.6 Å². The molecule has 1 aromatic heterocycles. The Bertz CT molecular complexity index is 897. The maximum absolute atomic E-state index is 12.6. The minimum Gasteiger partial charge on any atom is -0.379 e. The van der Waals surface area contributed by atoms with Crippen LogP contribution in [0.1, 0.15) is 42.0 Å². The molecule has 158 valence electrons. The molecule has 2 aromatic rings. The summed E-state index contributed by atoms with van der Waals surface area (Å²) in [7, 11) is -2.17. The SMILES string of the molecule is Cc1ccc(S(=O)(=O)N(C)Cc2ncc(C(=O)NCCCOC(C)C)cn2)cc1. The van der Waals surface area contributed by atoms with E-state index in [1.54, 1.807) is 24.3 Å². The maximum atomic E-state index is 12.6. The minimum atomic E-state index is -3.64. The minimum absolute atomic E-state index is 0.00461. The van der Waals surface area contributed by atoms with Gasteiger partial charge in [-0.25, -0.2) is 18.4 Å². The quantitative estimate of drug-likeness (QED) is 0.591. The molecule has 1 aromatic carbocycles. The van der Waals surface area contributed by atoms with Gasteiger partial charge in [0.15, 0.2) is 0 Å². The van der Waals surface area contributed by atoms with Crippen LogP contribution < -0.4 is 5.32 Å². The molecule has 0 unspecified atom stereocenters. The second-order valence-corrected chi connectivity index (χ2v) is 9.04. The summed E-state index contributed by atoms with van der Waals surface area (Å²) in [5.41, 5.74) is 1.30. The maximum Gasteiger partial charge on any atom is 0.254 e. The molecule has 1 amide bonds. The standard InChI is InChI=1S/C20H28N4O4S/c1-15(2)28-11-5-10-21-20(25)17-12-22-19(23-13-17)14-24(4)29(26,27)18-8-6-16(3)7-9-18/h6-9,12-13,15H,5,10-11,14H2,1-4H3,(H,21,25). The number of amides is 1. The molecule has 1 N–H and O–H groups in total.